The summed E-state index contributed by atoms with van der Waals surface area (Å²) in [5.41, 5.74) is 1.67. The van der Waals surface area contributed by atoms with Gasteiger partial charge in [-0.15, -0.1) is 0 Å². The fourth-order valence-electron chi connectivity index (χ4n) is 2.08. The lowest BCUT2D eigenvalue weighted by molar-refractivity contribution is 0.102. The lowest BCUT2D eigenvalue weighted by Gasteiger charge is -2.09. The molecule has 1 aromatic heterocycles. The number of anilines is 3. The number of amides is 1. The molecule has 3 aromatic rings. The van der Waals surface area contributed by atoms with E-state index in [0.29, 0.717) is 11.5 Å². The number of nitrogens with one attached hydrogen (secondary N) is 2. The second-order valence-electron chi connectivity index (χ2n) is 5.00. The summed E-state index contributed by atoms with van der Waals surface area (Å²) in [6.45, 7) is 0. The van der Waals surface area contributed by atoms with Crippen molar-refractivity contribution in [2.45, 2.75) is 0 Å². The molecule has 3 rings (SSSR count). The van der Waals surface area contributed by atoms with Crippen molar-refractivity contribution >= 4 is 39.0 Å². The van der Waals surface area contributed by atoms with E-state index in [1.165, 1.54) is 24.4 Å². The number of rotatable bonds is 4. The third-order valence-electron chi connectivity index (χ3n) is 3.24. The van der Waals surface area contributed by atoms with Crippen LogP contribution in [0.4, 0.5) is 21.6 Å². The first-order chi connectivity index (χ1) is 11.6. The molecule has 0 bridgehead atoms. The minimum atomic E-state index is -0.450. The molecule has 24 heavy (non-hydrogen) atoms. The molecule has 1 heterocycles. The zero-order valence-electron chi connectivity index (χ0n) is 12.5. The molecule has 0 radical (unpaired) electrons. The topological polar surface area (TPSA) is 54.0 Å². The molecule has 6 heteroatoms. The highest BCUT2D eigenvalue weighted by Gasteiger charge is 2.07. The number of pyridine rings is 1. The molecule has 0 aliphatic rings. The van der Waals surface area contributed by atoms with Crippen molar-refractivity contribution in [2.24, 2.45) is 0 Å². The number of halogens is 2. The van der Waals surface area contributed by atoms with Gasteiger partial charge in [-0.1, -0.05) is 18.2 Å². The van der Waals surface area contributed by atoms with Crippen LogP contribution in [0.5, 0.6) is 0 Å². The van der Waals surface area contributed by atoms with E-state index < -0.39 is 5.82 Å². The minimum Gasteiger partial charge on any atom is -0.339 e. The summed E-state index contributed by atoms with van der Waals surface area (Å²) in [7, 11) is 0. The van der Waals surface area contributed by atoms with Crippen LogP contribution >= 0.6 is 15.9 Å². The maximum absolute atomic E-state index is 13.2. The molecule has 0 atom stereocenters. The summed E-state index contributed by atoms with van der Waals surface area (Å²) >= 11 is 3.45. The van der Waals surface area contributed by atoms with Crippen LogP contribution in [0, 0.1) is 5.82 Å². The van der Waals surface area contributed by atoms with Gasteiger partial charge in [-0.05, 0) is 58.4 Å². The molecule has 2 N–H and O–H groups in total. The van der Waals surface area contributed by atoms with Gasteiger partial charge in [0, 0.05) is 10.0 Å². The van der Waals surface area contributed by atoms with Crippen LogP contribution in [0.15, 0.2) is 71.3 Å². The van der Waals surface area contributed by atoms with Gasteiger partial charge in [0.25, 0.3) is 5.91 Å². The van der Waals surface area contributed by atoms with E-state index in [1.807, 2.05) is 24.3 Å². The fraction of sp³-hybridized carbons (Fsp3) is 0. The molecule has 120 valence electrons. The maximum atomic E-state index is 13.2. The quantitative estimate of drug-likeness (QED) is 0.665. The first kappa shape index (κ1) is 16.1. The van der Waals surface area contributed by atoms with Gasteiger partial charge in [-0.25, -0.2) is 9.37 Å². The smallest absolute Gasteiger partial charge is 0.255 e. The second-order valence-corrected chi connectivity index (χ2v) is 5.86. The molecular weight excluding hydrogens is 373 g/mol. The molecule has 0 spiro atoms. The molecule has 0 fully saturated rings. The van der Waals surface area contributed by atoms with Crippen molar-refractivity contribution in [2.75, 3.05) is 10.6 Å². The molecule has 0 aliphatic carbocycles. The first-order valence-corrected chi connectivity index (χ1v) is 7.95. The van der Waals surface area contributed by atoms with Crippen LogP contribution in [-0.2, 0) is 0 Å². The fourth-order valence-corrected chi connectivity index (χ4v) is 2.46. The number of para-hydroxylation sites is 1. The van der Waals surface area contributed by atoms with Crippen molar-refractivity contribution in [1.82, 2.24) is 4.98 Å². The summed E-state index contributed by atoms with van der Waals surface area (Å²) in [4.78, 5) is 16.3. The van der Waals surface area contributed by atoms with Crippen molar-refractivity contribution in [3.63, 3.8) is 0 Å². The van der Waals surface area contributed by atoms with Crippen molar-refractivity contribution < 1.29 is 9.18 Å². The SMILES string of the molecule is O=C(Nc1ccc(Nc2ccccc2Br)nc1)c1cccc(F)c1. The van der Waals surface area contributed by atoms with E-state index >= 15 is 0 Å². The van der Waals surface area contributed by atoms with Gasteiger partial charge in [0.1, 0.15) is 11.6 Å². The number of aromatic nitrogens is 1. The van der Waals surface area contributed by atoms with Crippen LogP contribution < -0.4 is 10.6 Å². The predicted molar refractivity (Wildman–Crippen MR) is 96.0 cm³/mol. The largest absolute Gasteiger partial charge is 0.339 e. The van der Waals surface area contributed by atoms with E-state index in [0.717, 1.165) is 10.2 Å². The zero-order valence-corrected chi connectivity index (χ0v) is 14.0. The molecule has 0 saturated carbocycles. The van der Waals surface area contributed by atoms with E-state index in [1.54, 1.807) is 18.2 Å². The zero-order chi connectivity index (χ0) is 16.9. The molecule has 0 unspecified atom stereocenters. The summed E-state index contributed by atoms with van der Waals surface area (Å²) in [5, 5.41) is 5.85. The third-order valence-corrected chi connectivity index (χ3v) is 3.94. The second kappa shape index (κ2) is 7.23. The normalized spacial score (nSPS) is 10.2. The van der Waals surface area contributed by atoms with Crippen molar-refractivity contribution in [3.8, 4) is 0 Å². The molecule has 2 aromatic carbocycles. The molecule has 0 saturated heterocycles. The first-order valence-electron chi connectivity index (χ1n) is 7.16. The third kappa shape index (κ3) is 3.97. The maximum Gasteiger partial charge on any atom is 0.255 e. The average molecular weight is 386 g/mol. The Morgan fingerprint density at radius 3 is 2.58 bits per heavy atom. The van der Waals surface area contributed by atoms with Gasteiger partial charge in [0.05, 0.1) is 17.6 Å². The van der Waals surface area contributed by atoms with Crippen LogP contribution in [0.3, 0.4) is 0 Å². The Labute approximate surface area is 146 Å². The van der Waals surface area contributed by atoms with E-state index in [2.05, 4.69) is 31.5 Å². The lowest BCUT2D eigenvalue weighted by Crippen LogP contribution is -2.12. The van der Waals surface area contributed by atoms with E-state index in [4.69, 9.17) is 0 Å². The summed E-state index contributed by atoms with van der Waals surface area (Å²) < 4.78 is 14.1. The van der Waals surface area contributed by atoms with Crippen molar-refractivity contribution in [1.29, 1.82) is 0 Å². The van der Waals surface area contributed by atoms with E-state index in [-0.39, 0.29) is 11.5 Å². The minimum absolute atomic E-state index is 0.255. The van der Waals surface area contributed by atoms with Crippen molar-refractivity contribution in [3.05, 3.63) is 82.7 Å². The van der Waals surface area contributed by atoms with Gasteiger partial charge in [0.15, 0.2) is 0 Å². The highest BCUT2D eigenvalue weighted by Crippen LogP contribution is 2.24. The summed E-state index contributed by atoms with van der Waals surface area (Å²) in [5.74, 6) is -0.192. The van der Waals surface area contributed by atoms with Crippen LogP contribution in [-0.4, -0.2) is 10.9 Å². The Morgan fingerprint density at radius 1 is 1.04 bits per heavy atom. The van der Waals surface area contributed by atoms with Gasteiger partial charge in [0.2, 0.25) is 0 Å². The number of benzene rings is 2. The molecule has 1 amide bonds. The van der Waals surface area contributed by atoms with Crippen LogP contribution in [0.2, 0.25) is 0 Å². The van der Waals surface area contributed by atoms with E-state index in [9.17, 15) is 9.18 Å². The number of nitrogens with zero attached hydrogens (tertiary/aromatic N) is 1. The number of hydrogen-bond acceptors (Lipinski definition) is 3. The predicted octanol–water partition coefficient (Wildman–Crippen LogP) is 4.98. The summed E-state index contributed by atoms with van der Waals surface area (Å²) in [6, 6.07) is 16.7. The Balaban J connectivity index is 1.68. The van der Waals surface area contributed by atoms with Gasteiger partial charge in [-0.3, -0.25) is 4.79 Å². The summed E-state index contributed by atoms with van der Waals surface area (Å²) in [6.07, 6.45) is 1.54. The Kier molecular flexibility index (Phi) is 4.86. The monoisotopic (exact) mass is 385 g/mol. The Bertz CT molecular complexity index is 868. The molecular formula is C18H13BrFN3O. The highest BCUT2D eigenvalue weighted by atomic mass is 79.9. The van der Waals surface area contributed by atoms with Gasteiger partial charge < -0.3 is 10.6 Å². The number of carbonyl (C=O) groups is 1. The Hall–Kier alpha value is -2.73. The number of carbonyl (C=O) groups excluding carboxylic acids is 1. The highest BCUT2D eigenvalue weighted by molar-refractivity contribution is 9.10. The average Bonchev–Trinajstić information content (AvgIpc) is 2.58. The number of hydrogen-bond donors (Lipinski definition) is 2. The Morgan fingerprint density at radius 2 is 1.88 bits per heavy atom. The van der Waals surface area contributed by atoms with Gasteiger partial charge in [-0.2, -0.15) is 0 Å². The standard InChI is InChI=1S/C18H13BrFN3O/c19-15-6-1-2-7-16(15)23-17-9-8-14(11-21-17)22-18(24)12-4-3-5-13(20)10-12/h1-11H,(H,21,23)(H,22,24). The van der Waals surface area contributed by atoms with Crippen LogP contribution in [0.1, 0.15) is 10.4 Å². The van der Waals surface area contributed by atoms with Gasteiger partial charge >= 0.3 is 0 Å². The lowest BCUT2D eigenvalue weighted by atomic mass is 10.2. The molecule has 4 nitrogen and oxygen atoms in total. The molecule has 0 aliphatic heterocycles. The van der Waals surface area contributed by atoms with Crippen LogP contribution in [0.25, 0.3) is 0 Å².